The van der Waals surface area contributed by atoms with Crippen molar-refractivity contribution in [2.45, 2.75) is 39.2 Å². The highest BCUT2D eigenvalue weighted by Crippen LogP contribution is 2.30. The first-order chi connectivity index (χ1) is 9.94. The zero-order valence-electron chi connectivity index (χ0n) is 13.1. The summed E-state index contributed by atoms with van der Waals surface area (Å²) in [4.78, 5) is 1.35. The first-order valence-electron chi connectivity index (χ1n) is 7.26. The number of nitrogens with zero attached hydrogens (tertiary/aromatic N) is 1. The Morgan fingerprint density at radius 1 is 1.14 bits per heavy atom. The molecular formula is C18H22N2S. The van der Waals surface area contributed by atoms with Gasteiger partial charge in [-0.05, 0) is 48.9 Å². The highest BCUT2D eigenvalue weighted by Gasteiger charge is 2.20. The average Bonchev–Trinajstić information content (AvgIpc) is 2.98. The van der Waals surface area contributed by atoms with E-state index in [0.717, 1.165) is 11.3 Å². The summed E-state index contributed by atoms with van der Waals surface area (Å²) in [5.74, 6) is 0.513. The molecule has 0 spiro atoms. The van der Waals surface area contributed by atoms with Crippen LogP contribution in [0.15, 0.2) is 41.8 Å². The molecule has 0 radical (unpaired) electrons. The first kappa shape index (κ1) is 15.6. The highest BCUT2D eigenvalue weighted by atomic mass is 32.1. The molecule has 0 aliphatic heterocycles. The topological polar surface area (TPSA) is 35.8 Å². The SMILES string of the molecule is CC(C)C(Nc1ccc(C(C)(C)C#N)cc1)c1cccs1. The lowest BCUT2D eigenvalue weighted by Crippen LogP contribution is -2.16. The zero-order chi connectivity index (χ0) is 15.5. The molecule has 1 aromatic carbocycles. The quantitative estimate of drug-likeness (QED) is 0.806. The van der Waals surface area contributed by atoms with Gasteiger partial charge in [0.25, 0.3) is 0 Å². The molecule has 0 aliphatic carbocycles. The van der Waals surface area contributed by atoms with Crippen molar-refractivity contribution in [3.05, 3.63) is 52.2 Å². The van der Waals surface area contributed by atoms with E-state index in [0.29, 0.717) is 12.0 Å². The van der Waals surface area contributed by atoms with Crippen LogP contribution in [0.5, 0.6) is 0 Å². The number of hydrogen-bond donors (Lipinski definition) is 1. The molecule has 0 saturated carbocycles. The van der Waals surface area contributed by atoms with Crippen molar-refractivity contribution in [2.75, 3.05) is 5.32 Å². The fourth-order valence-corrected chi connectivity index (χ4v) is 3.21. The lowest BCUT2D eigenvalue weighted by Gasteiger charge is -2.23. The van der Waals surface area contributed by atoms with Crippen molar-refractivity contribution < 1.29 is 0 Å². The van der Waals surface area contributed by atoms with E-state index >= 15 is 0 Å². The third-order valence-electron chi connectivity index (χ3n) is 3.72. The summed E-state index contributed by atoms with van der Waals surface area (Å²) in [5.41, 5.74) is 1.70. The van der Waals surface area contributed by atoms with Gasteiger partial charge in [0.1, 0.15) is 0 Å². The molecule has 2 rings (SSSR count). The van der Waals surface area contributed by atoms with Crippen molar-refractivity contribution >= 4 is 17.0 Å². The predicted octanol–water partition coefficient (Wildman–Crippen LogP) is 5.36. The molecule has 1 heterocycles. The van der Waals surface area contributed by atoms with Gasteiger partial charge in [0.05, 0.1) is 17.5 Å². The summed E-state index contributed by atoms with van der Waals surface area (Å²) in [6, 6.07) is 15.1. The van der Waals surface area contributed by atoms with E-state index < -0.39 is 5.41 Å². The van der Waals surface area contributed by atoms with Crippen LogP contribution in [0.2, 0.25) is 0 Å². The van der Waals surface area contributed by atoms with Gasteiger partial charge < -0.3 is 5.32 Å². The Balaban J connectivity index is 2.18. The Bertz CT molecular complexity index is 604. The average molecular weight is 298 g/mol. The van der Waals surface area contributed by atoms with Crippen molar-refractivity contribution in [3.63, 3.8) is 0 Å². The van der Waals surface area contributed by atoms with Crippen LogP contribution in [0, 0.1) is 17.2 Å². The minimum absolute atomic E-state index is 0.319. The molecule has 2 nitrogen and oxygen atoms in total. The molecule has 0 fully saturated rings. The molecule has 1 unspecified atom stereocenters. The Kier molecular flexibility index (Phi) is 4.69. The van der Waals surface area contributed by atoms with Crippen LogP contribution >= 0.6 is 11.3 Å². The number of nitriles is 1. The maximum absolute atomic E-state index is 9.20. The Labute approximate surface area is 131 Å². The van der Waals surface area contributed by atoms with Gasteiger partial charge in [-0.15, -0.1) is 11.3 Å². The van der Waals surface area contributed by atoms with Gasteiger partial charge in [-0.2, -0.15) is 5.26 Å². The number of rotatable bonds is 5. The van der Waals surface area contributed by atoms with E-state index in [1.807, 2.05) is 26.0 Å². The van der Waals surface area contributed by atoms with Gasteiger partial charge in [-0.3, -0.25) is 0 Å². The van der Waals surface area contributed by atoms with Gasteiger partial charge >= 0.3 is 0 Å². The molecule has 110 valence electrons. The number of benzene rings is 1. The van der Waals surface area contributed by atoms with E-state index in [1.54, 1.807) is 11.3 Å². The summed E-state index contributed by atoms with van der Waals surface area (Å²) >= 11 is 1.78. The summed E-state index contributed by atoms with van der Waals surface area (Å²) in [6.45, 7) is 8.34. The van der Waals surface area contributed by atoms with E-state index in [-0.39, 0.29) is 0 Å². The lowest BCUT2D eigenvalue weighted by molar-refractivity contribution is 0.554. The number of thiophene rings is 1. The van der Waals surface area contributed by atoms with Crippen LogP contribution in [0.4, 0.5) is 5.69 Å². The second-order valence-electron chi connectivity index (χ2n) is 6.20. The first-order valence-corrected chi connectivity index (χ1v) is 8.14. The Morgan fingerprint density at radius 2 is 1.81 bits per heavy atom. The molecule has 1 N–H and O–H groups in total. The van der Waals surface area contributed by atoms with E-state index in [1.165, 1.54) is 4.88 Å². The molecule has 1 atom stereocenters. The molecule has 21 heavy (non-hydrogen) atoms. The maximum atomic E-state index is 9.20. The maximum Gasteiger partial charge on any atom is 0.0766 e. The van der Waals surface area contributed by atoms with Crippen molar-refractivity contribution in [1.82, 2.24) is 0 Å². The smallest absolute Gasteiger partial charge is 0.0766 e. The second kappa shape index (κ2) is 6.32. The standard InChI is InChI=1S/C18H22N2S/c1-13(2)17(16-6-5-11-21-16)20-15-9-7-14(8-10-15)18(3,4)12-19/h5-11,13,17,20H,1-4H3. The van der Waals surface area contributed by atoms with Gasteiger partial charge in [-0.1, -0.05) is 32.0 Å². The fourth-order valence-electron chi connectivity index (χ4n) is 2.26. The minimum atomic E-state index is -0.441. The largest absolute Gasteiger partial charge is 0.377 e. The van der Waals surface area contributed by atoms with Gasteiger partial charge in [0.15, 0.2) is 0 Å². The molecule has 0 saturated heterocycles. The van der Waals surface area contributed by atoms with Gasteiger partial charge in [0, 0.05) is 10.6 Å². The molecule has 1 aromatic heterocycles. The third-order valence-corrected chi connectivity index (χ3v) is 4.68. The normalized spacial score (nSPS) is 13.0. The molecule has 0 bridgehead atoms. The monoisotopic (exact) mass is 298 g/mol. The van der Waals surface area contributed by atoms with Gasteiger partial charge in [0.2, 0.25) is 0 Å². The zero-order valence-corrected chi connectivity index (χ0v) is 13.9. The van der Waals surface area contributed by atoms with E-state index in [4.69, 9.17) is 0 Å². The van der Waals surface area contributed by atoms with Gasteiger partial charge in [-0.25, -0.2) is 0 Å². The molecular weight excluding hydrogens is 276 g/mol. The minimum Gasteiger partial charge on any atom is -0.377 e. The van der Waals surface area contributed by atoms with Crippen LogP contribution in [0.25, 0.3) is 0 Å². The number of nitrogens with one attached hydrogen (secondary N) is 1. The Morgan fingerprint density at radius 3 is 2.29 bits per heavy atom. The van der Waals surface area contributed by atoms with Crippen LogP contribution in [0.3, 0.4) is 0 Å². The molecule has 2 aromatic rings. The summed E-state index contributed by atoms with van der Waals surface area (Å²) in [7, 11) is 0. The summed E-state index contributed by atoms with van der Waals surface area (Å²) in [5, 5.41) is 14.9. The van der Waals surface area contributed by atoms with E-state index in [2.05, 4.69) is 54.9 Å². The number of anilines is 1. The van der Waals surface area contributed by atoms with Crippen molar-refractivity contribution in [2.24, 2.45) is 5.92 Å². The fraction of sp³-hybridized carbons (Fsp3) is 0.389. The molecule has 0 aliphatic rings. The summed E-state index contributed by atoms with van der Waals surface area (Å²) < 4.78 is 0. The van der Waals surface area contributed by atoms with Crippen molar-refractivity contribution in [3.8, 4) is 6.07 Å². The molecule has 3 heteroatoms. The van der Waals surface area contributed by atoms with Crippen LogP contribution in [-0.4, -0.2) is 0 Å². The van der Waals surface area contributed by atoms with Crippen LogP contribution < -0.4 is 5.32 Å². The predicted molar refractivity (Wildman–Crippen MR) is 90.6 cm³/mol. The second-order valence-corrected chi connectivity index (χ2v) is 7.17. The van der Waals surface area contributed by atoms with Crippen LogP contribution in [-0.2, 0) is 5.41 Å². The van der Waals surface area contributed by atoms with E-state index in [9.17, 15) is 5.26 Å². The Hall–Kier alpha value is -1.79. The highest BCUT2D eigenvalue weighted by molar-refractivity contribution is 7.10. The summed E-state index contributed by atoms with van der Waals surface area (Å²) in [6.07, 6.45) is 0. The molecule has 0 amide bonds. The number of hydrogen-bond acceptors (Lipinski definition) is 3. The van der Waals surface area contributed by atoms with Crippen LogP contribution in [0.1, 0.15) is 44.2 Å². The lowest BCUT2D eigenvalue weighted by atomic mass is 9.86. The van der Waals surface area contributed by atoms with Crippen molar-refractivity contribution in [1.29, 1.82) is 5.26 Å². The third kappa shape index (κ3) is 3.65.